The average Bonchev–Trinajstić information content (AvgIpc) is 3.00. The van der Waals surface area contributed by atoms with Gasteiger partial charge in [-0.15, -0.1) is 0 Å². The molecule has 1 saturated carbocycles. The molecular weight excluding hydrogens is 572 g/mol. The Kier molecular flexibility index (Phi) is 10.5. The smallest absolute Gasteiger partial charge is 0.338 e. The van der Waals surface area contributed by atoms with Crippen LogP contribution in [-0.4, -0.2) is 42.6 Å². The molecule has 3 aromatic rings. The molecule has 0 bridgehead atoms. The molecule has 0 aliphatic heterocycles. The average molecular weight is 623 g/mol. The maximum atomic E-state index is 15.0. The largest absolute Gasteiger partial charge is 0.460 e. The molecule has 1 unspecified atom stereocenters. The maximum Gasteiger partial charge on any atom is 0.338 e. The molecule has 0 spiro atoms. The summed E-state index contributed by atoms with van der Waals surface area (Å²) in [6, 6.07) is 25.4. The van der Waals surface area contributed by atoms with Crippen LogP contribution in [0.1, 0.15) is 99.0 Å². The monoisotopic (exact) mass is 622 g/mol. The van der Waals surface area contributed by atoms with Gasteiger partial charge in [-0.05, 0) is 112 Å². The van der Waals surface area contributed by atoms with Gasteiger partial charge in [0.2, 0.25) is 0 Å². The van der Waals surface area contributed by atoms with Crippen molar-refractivity contribution in [3.8, 4) is 6.07 Å². The van der Waals surface area contributed by atoms with Crippen LogP contribution in [0.4, 0.5) is 0 Å². The molecule has 1 aliphatic rings. The number of benzene rings is 3. The molecule has 0 heterocycles. The van der Waals surface area contributed by atoms with Gasteiger partial charge in [-0.3, -0.25) is 4.90 Å². The van der Waals surface area contributed by atoms with E-state index in [4.69, 9.17) is 9.47 Å². The molecule has 1 aliphatic carbocycles. The number of esters is 2. The van der Waals surface area contributed by atoms with Crippen molar-refractivity contribution in [2.24, 2.45) is 11.8 Å². The van der Waals surface area contributed by atoms with Crippen molar-refractivity contribution in [3.05, 3.63) is 106 Å². The lowest BCUT2D eigenvalue weighted by atomic mass is 9.64. The SMILES string of the molecule is Cc1ccc(C(=O)OC(C)(C)C)cc1C(Cc1ccc(C#N)cc1)(C(=O)O[C@H]1C[C@H](C)CC[C@H]1C(C)(C)c1ccccc1)N(C)C. The third-order valence-corrected chi connectivity index (χ3v) is 9.72. The Morgan fingerprint density at radius 3 is 2.17 bits per heavy atom. The van der Waals surface area contributed by atoms with E-state index >= 15 is 4.79 Å². The van der Waals surface area contributed by atoms with Crippen molar-refractivity contribution in [3.63, 3.8) is 0 Å². The van der Waals surface area contributed by atoms with Crippen LogP contribution in [0.2, 0.25) is 0 Å². The first kappa shape index (κ1) is 34.9. The zero-order valence-electron chi connectivity index (χ0n) is 29.0. The minimum absolute atomic E-state index is 0.124. The number of rotatable bonds is 9. The second kappa shape index (κ2) is 13.8. The molecule has 1 fully saturated rings. The van der Waals surface area contributed by atoms with E-state index in [1.807, 2.05) is 71.0 Å². The van der Waals surface area contributed by atoms with Gasteiger partial charge in [0.25, 0.3) is 0 Å². The molecule has 4 rings (SSSR count). The molecule has 0 amide bonds. The number of nitriles is 1. The van der Waals surface area contributed by atoms with Gasteiger partial charge in [-0.25, -0.2) is 9.59 Å². The van der Waals surface area contributed by atoms with Gasteiger partial charge in [0.1, 0.15) is 17.2 Å². The van der Waals surface area contributed by atoms with E-state index in [0.29, 0.717) is 22.6 Å². The Bertz CT molecular complexity index is 1560. The van der Waals surface area contributed by atoms with Gasteiger partial charge in [-0.2, -0.15) is 5.26 Å². The number of carbonyl (C=O) groups is 2. The van der Waals surface area contributed by atoms with Crippen LogP contribution in [-0.2, 0) is 31.6 Å². The molecule has 46 heavy (non-hydrogen) atoms. The minimum atomic E-state index is -1.27. The standard InChI is InChI=1S/C40H50N2O4/c1-27-15-22-33(39(6,7)32-13-11-10-12-14-32)35(23-27)45-37(44)40(42(8)9,25-29-17-19-30(26-41)20-18-29)34-24-31(21-16-28(34)2)36(43)46-38(3,4)5/h10-14,16-21,24,27,33,35H,15,22-23,25H2,1-9H3/t27-,33-,35+,40?/m1/s1. The van der Waals surface area contributed by atoms with Crippen LogP contribution in [0, 0.1) is 30.1 Å². The van der Waals surface area contributed by atoms with Crippen LogP contribution in [0.15, 0.2) is 72.8 Å². The Balaban J connectivity index is 1.84. The van der Waals surface area contributed by atoms with E-state index in [1.165, 1.54) is 5.56 Å². The number of carbonyl (C=O) groups excluding carboxylic acids is 2. The summed E-state index contributed by atoms with van der Waals surface area (Å²) in [5.74, 6) is -0.248. The van der Waals surface area contributed by atoms with Crippen molar-refractivity contribution in [2.75, 3.05) is 14.1 Å². The fourth-order valence-electron chi connectivity index (χ4n) is 6.98. The summed E-state index contributed by atoms with van der Waals surface area (Å²) in [6.45, 7) is 14.2. The Hall–Kier alpha value is -3.95. The van der Waals surface area contributed by atoms with Gasteiger partial charge in [-0.1, -0.05) is 75.7 Å². The van der Waals surface area contributed by atoms with Crippen molar-refractivity contribution in [2.45, 2.75) is 96.8 Å². The van der Waals surface area contributed by atoms with Crippen molar-refractivity contribution in [1.29, 1.82) is 5.26 Å². The zero-order chi connectivity index (χ0) is 33.9. The van der Waals surface area contributed by atoms with Crippen molar-refractivity contribution >= 4 is 11.9 Å². The first-order chi connectivity index (χ1) is 21.6. The number of hydrogen-bond acceptors (Lipinski definition) is 6. The summed E-state index contributed by atoms with van der Waals surface area (Å²) in [5.41, 5.74) is 2.45. The van der Waals surface area contributed by atoms with E-state index in [2.05, 4.69) is 51.1 Å². The molecule has 244 valence electrons. The highest BCUT2D eigenvalue weighted by molar-refractivity contribution is 5.91. The van der Waals surface area contributed by atoms with Gasteiger partial charge in [0.05, 0.1) is 17.2 Å². The summed E-state index contributed by atoms with van der Waals surface area (Å²) in [7, 11) is 3.78. The van der Waals surface area contributed by atoms with Crippen LogP contribution in [0.25, 0.3) is 0 Å². The van der Waals surface area contributed by atoms with Crippen LogP contribution >= 0.6 is 0 Å². The quantitative estimate of drug-likeness (QED) is 0.224. The fraction of sp³-hybridized carbons (Fsp3) is 0.475. The summed E-state index contributed by atoms with van der Waals surface area (Å²) in [5, 5.41) is 9.42. The molecule has 6 nitrogen and oxygen atoms in total. The molecular formula is C40H50N2O4. The molecule has 6 heteroatoms. The third-order valence-electron chi connectivity index (χ3n) is 9.72. The van der Waals surface area contributed by atoms with Crippen LogP contribution in [0.3, 0.4) is 0 Å². The highest BCUT2D eigenvalue weighted by atomic mass is 16.6. The third kappa shape index (κ3) is 7.53. The number of nitrogens with zero attached hydrogens (tertiary/aromatic N) is 2. The van der Waals surface area contributed by atoms with Crippen LogP contribution < -0.4 is 0 Å². The molecule has 0 radical (unpaired) electrons. The second-order valence-corrected chi connectivity index (χ2v) is 14.8. The fourth-order valence-corrected chi connectivity index (χ4v) is 6.98. The Morgan fingerprint density at radius 1 is 0.935 bits per heavy atom. The minimum Gasteiger partial charge on any atom is -0.460 e. The van der Waals surface area contributed by atoms with Gasteiger partial charge in [0.15, 0.2) is 0 Å². The first-order valence-electron chi connectivity index (χ1n) is 16.4. The van der Waals surface area contributed by atoms with E-state index in [1.54, 1.807) is 24.3 Å². The number of ether oxygens (including phenoxy) is 2. The number of aryl methyl sites for hydroxylation is 1. The zero-order valence-corrected chi connectivity index (χ0v) is 29.0. The van der Waals surface area contributed by atoms with Gasteiger partial charge < -0.3 is 9.47 Å². The van der Waals surface area contributed by atoms with E-state index in [0.717, 1.165) is 30.4 Å². The van der Waals surface area contributed by atoms with Crippen molar-refractivity contribution in [1.82, 2.24) is 4.90 Å². The van der Waals surface area contributed by atoms with Crippen molar-refractivity contribution < 1.29 is 19.1 Å². The summed E-state index contributed by atoms with van der Waals surface area (Å²) in [4.78, 5) is 30.2. The Labute approximate surface area is 275 Å². The summed E-state index contributed by atoms with van der Waals surface area (Å²) < 4.78 is 12.5. The lowest BCUT2D eigenvalue weighted by molar-refractivity contribution is -0.171. The highest BCUT2D eigenvalue weighted by Gasteiger charge is 2.49. The number of likely N-dealkylation sites (N-methyl/N-ethyl adjacent to an activating group) is 1. The normalized spacial score (nSPS) is 20.0. The van der Waals surface area contributed by atoms with Crippen LogP contribution in [0.5, 0.6) is 0 Å². The number of hydrogen-bond donors (Lipinski definition) is 0. The molecule has 3 aromatic carbocycles. The van der Waals surface area contributed by atoms with E-state index < -0.39 is 17.1 Å². The summed E-state index contributed by atoms with van der Waals surface area (Å²) >= 11 is 0. The van der Waals surface area contributed by atoms with E-state index in [9.17, 15) is 10.1 Å². The Morgan fingerprint density at radius 2 is 1.59 bits per heavy atom. The first-order valence-corrected chi connectivity index (χ1v) is 16.4. The van der Waals surface area contributed by atoms with E-state index in [-0.39, 0.29) is 29.8 Å². The van der Waals surface area contributed by atoms with Gasteiger partial charge in [0, 0.05) is 12.3 Å². The second-order valence-electron chi connectivity index (χ2n) is 14.8. The molecule has 0 N–H and O–H groups in total. The predicted octanol–water partition coefficient (Wildman–Crippen LogP) is 8.15. The highest BCUT2D eigenvalue weighted by Crippen LogP contribution is 2.45. The lowest BCUT2D eigenvalue weighted by Crippen LogP contribution is -2.54. The topological polar surface area (TPSA) is 79.6 Å². The lowest BCUT2D eigenvalue weighted by Gasteiger charge is -2.46. The molecule has 0 aromatic heterocycles. The molecule has 4 atom stereocenters. The maximum absolute atomic E-state index is 15.0. The van der Waals surface area contributed by atoms with Gasteiger partial charge >= 0.3 is 11.9 Å². The summed E-state index contributed by atoms with van der Waals surface area (Å²) in [6.07, 6.45) is 2.82. The molecule has 0 saturated heterocycles. The predicted molar refractivity (Wildman–Crippen MR) is 182 cm³/mol.